The number of likely N-dealkylation sites (tertiary alicyclic amines) is 1. The van der Waals surface area contributed by atoms with Gasteiger partial charge in [-0.3, -0.25) is 14.5 Å². The van der Waals surface area contributed by atoms with Crippen molar-refractivity contribution >= 4 is 11.7 Å². The Labute approximate surface area is 166 Å². The van der Waals surface area contributed by atoms with Gasteiger partial charge in [0.15, 0.2) is 5.78 Å². The molecule has 1 aliphatic heterocycles. The van der Waals surface area contributed by atoms with Crippen molar-refractivity contribution in [3.63, 3.8) is 0 Å². The lowest BCUT2D eigenvalue weighted by Crippen LogP contribution is -2.49. The lowest BCUT2D eigenvalue weighted by molar-refractivity contribution is -0.127. The molecule has 1 heterocycles. The number of rotatable bonds is 4. The fourth-order valence-corrected chi connectivity index (χ4v) is 4.87. The maximum atomic E-state index is 13.6. The number of amides is 1. The molecule has 2 atom stereocenters. The van der Waals surface area contributed by atoms with Gasteiger partial charge in [-0.05, 0) is 37.8 Å². The minimum absolute atomic E-state index is 0.0123. The molecule has 4 nitrogen and oxygen atoms in total. The minimum atomic E-state index is -0.623. The van der Waals surface area contributed by atoms with Gasteiger partial charge in [0.25, 0.3) is 0 Å². The van der Waals surface area contributed by atoms with E-state index in [0.717, 1.165) is 30.5 Å². The molecule has 2 aromatic carbocycles. The van der Waals surface area contributed by atoms with Crippen LogP contribution < -0.4 is 5.32 Å². The van der Waals surface area contributed by atoms with E-state index in [1.54, 1.807) is 0 Å². The number of fused-ring (bicyclic) bond motifs is 1. The van der Waals surface area contributed by atoms with Gasteiger partial charge in [-0.25, -0.2) is 0 Å². The summed E-state index contributed by atoms with van der Waals surface area (Å²) in [5.74, 6) is -0.147. The SMILES string of the molecule is CC(C)NC(=O)[C@@H]1CN(Cc2ccccc2)C[C@]12CCc1ccccc1C2=O. The third-order valence-corrected chi connectivity index (χ3v) is 6.16. The van der Waals surface area contributed by atoms with Crippen LogP contribution in [-0.4, -0.2) is 35.7 Å². The van der Waals surface area contributed by atoms with Crippen LogP contribution in [-0.2, 0) is 17.8 Å². The van der Waals surface area contributed by atoms with E-state index < -0.39 is 5.41 Å². The highest BCUT2D eigenvalue weighted by Crippen LogP contribution is 2.46. The Kier molecular flexibility index (Phi) is 5.07. The molecular formula is C24H28N2O2. The first-order chi connectivity index (χ1) is 13.5. The van der Waals surface area contributed by atoms with E-state index in [2.05, 4.69) is 22.3 Å². The molecule has 2 aliphatic rings. The molecule has 4 rings (SSSR count). The van der Waals surface area contributed by atoms with Crippen LogP contribution in [0.5, 0.6) is 0 Å². The fourth-order valence-electron chi connectivity index (χ4n) is 4.87. The van der Waals surface area contributed by atoms with Gasteiger partial charge in [-0.2, -0.15) is 0 Å². The molecule has 2 aromatic rings. The van der Waals surface area contributed by atoms with Crippen molar-refractivity contribution in [3.05, 3.63) is 71.3 Å². The second-order valence-corrected chi connectivity index (χ2v) is 8.51. The van der Waals surface area contributed by atoms with E-state index >= 15 is 0 Å². The molecule has 0 aromatic heterocycles. The molecule has 0 saturated carbocycles. The Hall–Kier alpha value is -2.46. The maximum Gasteiger partial charge on any atom is 0.225 e. The topological polar surface area (TPSA) is 49.4 Å². The molecule has 1 spiro atoms. The van der Waals surface area contributed by atoms with Gasteiger partial charge in [0.1, 0.15) is 0 Å². The Morgan fingerprint density at radius 3 is 2.61 bits per heavy atom. The van der Waals surface area contributed by atoms with Gasteiger partial charge in [0.2, 0.25) is 5.91 Å². The Balaban J connectivity index is 1.66. The quantitative estimate of drug-likeness (QED) is 0.889. The van der Waals surface area contributed by atoms with Crippen molar-refractivity contribution in [3.8, 4) is 0 Å². The van der Waals surface area contributed by atoms with Crippen LogP contribution in [0.1, 0.15) is 41.8 Å². The molecule has 0 radical (unpaired) electrons. The second-order valence-electron chi connectivity index (χ2n) is 8.51. The van der Waals surface area contributed by atoms with Gasteiger partial charge in [0.05, 0.1) is 11.3 Å². The fraction of sp³-hybridized carbons (Fsp3) is 0.417. The van der Waals surface area contributed by atoms with Crippen LogP contribution in [0.25, 0.3) is 0 Å². The summed E-state index contributed by atoms with van der Waals surface area (Å²) in [6.45, 7) is 5.98. The predicted molar refractivity (Wildman–Crippen MR) is 110 cm³/mol. The largest absolute Gasteiger partial charge is 0.354 e. The molecule has 1 N–H and O–H groups in total. The summed E-state index contributed by atoms with van der Waals surface area (Å²) >= 11 is 0. The van der Waals surface area contributed by atoms with Gasteiger partial charge in [-0.15, -0.1) is 0 Å². The summed E-state index contributed by atoms with van der Waals surface area (Å²) in [7, 11) is 0. The van der Waals surface area contributed by atoms with E-state index in [1.807, 2.05) is 56.3 Å². The zero-order valence-corrected chi connectivity index (χ0v) is 16.7. The molecule has 1 fully saturated rings. The van der Waals surface area contributed by atoms with Gasteiger partial charge >= 0.3 is 0 Å². The van der Waals surface area contributed by atoms with Crippen LogP contribution in [0.4, 0.5) is 0 Å². The van der Waals surface area contributed by atoms with Crippen LogP contribution in [0.3, 0.4) is 0 Å². The Morgan fingerprint density at radius 2 is 1.86 bits per heavy atom. The lowest BCUT2D eigenvalue weighted by atomic mass is 9.64. The van der Waals surface area contributed by atoms with Crippen molar-refractivity contribution < 1.29 is 9.59 Å². The molecule has 1 amide bonds. The van der Waals surface area contributed by atoms with Crippen LogP contribution in [0.2, 0.25) is 0 Å². The molecule has 0 unspecified atom stereocenters. The monoisotopic (exact) mass is 376 g/mol. The number of benzene rings is 2. The predicted octanol–water partition coefficient (Wildman–Crippen LogP) is 3.46. The van der Waals surface area contributed by atoms with Crippen LogP contribution >= 0.6 is 0 Å². The molecule has 4 heteroatoms. The molecule has 28 heavy (non-hydrogen) atoms. The number of nitrogens with zero attached hydrogens (tertiary/aromatic N) is 1. The first-order valence-corrected chi connectivity index (χ1v) is 10.2. The smallest absolute Gasteiger partial charge is 0.225 e. The number of carbonyl (C=O) groups excluding carboxylic acids is 2. The van der Waals surface area contributed by atoms with E-state index in [0.29, 0.717) is 13.1 Å². The first-order valence-electron chi connectivity index (χ1n) is 10.2. The van der Waals surface area contributed by atoms with E-state index in [4.69, 9.17) is 0 Å². The second kappa shape index (κ2) is 7.51. The number of Topliss-reactive ketones (excluding diaryl/α,β-unsaturated/α-hetero) is 1. The Morgan fingerprint density at radius 1 is 1.14 bits per heavy atom. The average molecular weight is 377 g/mol. The van der Waals surface area contributed by atoms with E-state index in [-0.39, 0.29) is 23.7 Å². The van der Waals surface area contributed by atoms with Crippen LogP contribution in [0, 0.1) is 11.3 Å². The van der Waals surface area contributed by atoms with Gasteiger partial charge in [-0.1, -0.05) is 54.6 Å². The number of carbonyl (C=O) groups is 2. The van der Waals surface area contributed by atoms with Crippen molar-refractivity contribution in [2.24, 2.45) is 11.3 Å². The van der Waals surface area contributed by atoms with Crippen molar-refractivity contribution in [1.82, 2.24) is 10.2 Å². The zero-order chi connectivity index (χ0) is 19.7. The van der Waals surface area contributed by atoms with Gasteiger partial charge < -0.3 is 5.32 Å². The number of hydrogen-bond acceptors (Lipinski definition) is 3. The standard InChI is InChI=1S/C24H28N2O2/c1-17(2)25-23(28)21-15-26(14-18-8-4-3-5-9-18)16-24(21)13-12-19-10-6-7-11-20(19)22(24)27/h3-11,17,21H,12-16H2,1-2H3,(H,25,28)/t21-,24+/m0/s1. The number of hydrogen-bond donors (Lipinski definition) is 1. The minimum Gasteiger partial charge on any atom is -0.354 e. The zero-order valence-electron chi connectivity index (χ0n) is 16.7. The third kappa shape index (κ3) is 3.37. The van der Waals surface area contributed by atoms with Crippen LogP contribution in [0.15, 0.2) is 54.6 Å². The van der Waals surface area contributed by atoms with E-state index in [9.17, 15) is 9.59 Å². The highest BCUT2D eigenvalue weighted by atomic mass is 16.2. The van der Waals surface area contributed by atoms with Crippen molar-refractivity contribution in [2.45, 2.75) is 39.3 Å². The summed E-state index contributed by atoms with van der Waals surface area (Å²) in [5, 5.41) is 3.07. The van der Waals surface area contributed by atoms with Crippen molar-refractivity contribution in [2.75, 3.05) is 13.1 Å². The highest BCUT2D eigenvalue weighted by molar-refractivity contribution is 6.06. The summed E-state index contributed by atoms with van der Waals surface area (Å²) in [6.07, 6.45) is 1.59. The van der Waals surface area contributed by atoms with Crippen molar-refractivity contribution in [1.29, 1.82) is 0 Å². The third-order valence-electron chi connectivity index (χ3n) is 6.16. The summed E-state index contributed by atoms with van der Waals surface area (Å²) in [5.41, 5.74) is 2.51. The molecule has 0 bridgehead atoms. The lowest BCUT2D eigenvalue weighted by Gasteiger charge is -2.37. The molecule has 1 aliphatic carbocycles. The summed E-state index contributed by atoms with van der Waals surface area (Å²) in [4.78, 5) is 29.0. The number of aryl methyl sites for hydroxylation is 1. The molecule has 1 saturated heterocycles. The number of ketones is 1. The first kappa shape index (κ1) is 18.9. The highest BCUT2D eigenvalue weighted by Gasteiger charge is 2.56. The molecular weight excluding hydrogens is 348 g/mol. The van der Waals surface area contributed by atoms with Gasteiger partial charge in [0, 0.05) is 31.2 Å². The summed E-state index contributed by atoms with van der Waals surface area (Å²) < 4.78 is 0. The molecule has 146 valence electrons. The van der Waals surface area contributed by atoms with E-state index in [1.165, 1.54) is 5.56 Å². The maximum absolute atomic E-state index is 13.6. The number of nitrogens with one attached hydrogen (secondary N) is 1. The average Bonchev–Trinajstić information content (AvgIpc) is 3.05. The Bertz CT molecular complexity index is 877. The normalized spacial score (nSPS) is 24.5. The summed E-state index contributed by atoms with van der Waals surface area (Å²) in [6, 6.07) is 18.2.